The highest BCUT2D eigenvalue weighted by Crippen LogP contribution is 2.09. The Morgan fingerprint density at radius 1 is 0.333 bits per heavy atom. The minimum absolute atomic E-state index is 0.0578. The lowest BCUT2D eigenvalue weighted by molar-refractivity contribution is -0.124. The average Bonchev–Trinajstić information content (AvgIpc) is 3.34. The predicted molar refractivity (Wildman–Crippen MR) is 249 cm³/mol. The summed E-state index contributed by atoms with van der Waals surface area (Å²) in [5.74, 6) is -0.678. The van der Waals surface area contributed by atoms with Gasteiger partial charge in [0.25, 0.3) is 0 Å². The van der Waals surface area contributed by atoms with Crippen molar-refractivity contribution in [3.8, 4) is 0 Å². The molecule has 66 heavy (non-hydrogen) atoms. The van der Waals surface area contributed by atoms with Crippen LogP contribution >= 0.6 is 0 Å². The summed E-state index contributed by atoms with van der Waals surface area (Å²) >= 11 is 0. The van der Waals surface area contributed by atoms with Crippen molar-refractivity contribution in [3.63, 3.8) is 0 Å². The van der Waals surface area contributed by atoms with Crippen LogP contribution in [0.1, 0.15) is 86.5 Å². The highest BCUT2D eigenvalue weighted by molar-refractivity contribution is 5.86. The second kappa shape index (κ2) is 31.7. The molecule has 4 aromatic rings. The summed E-state index contributed by atoms with van der Waals surface area (Å²) < 4.78 is 21.2. The molecule has 4 rings (SSSR count). The quantitative estimate of drug-likeness (QED) is 0.0233. The van der Waals surface area contributed by atoms with Gasteiger partial charge in [0.2, 0.25) is 11.8 Å². The number of rotatable bonds is 29. The molecule has 16 nitrogen and oxygen atoms in total. The molecular formula is C50H64N6O10. The molecule has 16 heteroatoms. The van der Waals surface area contributed by atoms with Gasteiger partial charge in [0.15, 0.2) is 0 Å². The van der Waals surface area contributed by atoms with Gasteiger partial charge < -0.3 is 50.8 Å². The van der Waals surface area contributed by atoms with Gasteiger partial charge in [-0.2, -0.15) is 0 Å². The summed E-state index contributed by atoms with van der Waals surface area (Å²) in [6.07, 6.45) is 3.25. The number of carbonyl (C=O) groups excluding carboxylic acids is 6. The van der Waals surface area contributed by atoms with Gasteiger partial charge in [-0.05, 0) is 73.6 Å². The zero-order valence-corrected chi connectivity index (χ0v) is 37.5. The Hall–Kier alpha value is -7.10. The predicted octanol–water partition coefficient (Wildman–Crippen LogP) is 7.56. The number of alkyl carbamates (subject to hydrolysis) is 4. The van der Waals surface area contributed by atoms with Crippen LogP contribution in [0.2, 0.25) is 0 Å². The molecule has 0 aliphatic carbocycles. The number of amides is 6. The van der Waals surface area contributed by atoms with E-state index in [0.29, 0.717) is 77.5 Å². The molecule has 354 valence electrons. The summed E-state index contributed by atoms with van der Waals surface area (Å²) in [5.41, 5.74) is 3.39. The maximum Gasteiger partial charge on any atom is 0.408 e. The number of ether oxygens (including phenoxy) is 4. The molecule has 2 atom stereocenters. The summed E-state index contributed by atoms with van der Waals surface area (Å²) in [6.45, 7) is 1.88. The van der Waals surface area contributed by atoms with Crippen molar-refractivity contribution >= 4 is 36.2 Å². The fourth-order valence-electron chi connectivity index (χ4n) is 6.50. The lowest BCUT2D eigenvalue weighted by Crippen LogP contribution is -2.47. The fourth-order valence-corrected chi connectivity index (χ4v) is 6.50. The Labute approximate surface area is 387 Å². The van der Waals surface area contributed by atoms with Gasteiger partial charge in [-0.15, -0.1) is 0 Å². The zero-order valence-electron chi connectivity index (χ0n) is 37.5. The maximum absolute atomic E-state index is 13.2. The standard InChI is InChI=1S/C50H64N6O10/c57-45(43(55-49(61)65-37-41-25-11-5-12-26-41)29-15-19-33-53-47(59)63-35-39-21-7-3-8-22-39)51-31-17-1-2-18-32-52-46(58)44(56-50(62)66-38-42-27-13-6-14-28-42)30-16-20-34-54-48(60)64-36-40-23-9-4-10-24-40/h3-14,21-28,43-44H,1-2,15-20,29-38H2,(H,51,57)(H,52,58)(H,53,59)(H,54,60)(H,55,61)(H,56,62). The first-order valence-corrected chi connectivity index (χ1v) is 22.6. The Balaban J connectivity index is 1.13. The minimum Gasteiger partial charge on any atom is -0.445 e. The Morgan fingerprint density at radius 2 is 0.606 bits per heavy atom. The van der Waals surface area contributed by atoms with Gasteiger partial charge in [-0.3, -0.25) is 9.59 Å². The van der Waals surface area contributed by atoms with E-state index in [9.17, 15) is 28.8 Å². The summed E-state index contributed by atoms with van der Waals surface area (Å²) in [6, 6.07) is 35.5. The van der Waals surface area contributed by atoms with E-state index in [0.717, 1.165) is 35.1 Å². The van der Waals surface area contributed by atoms with Crippen molar-refractivity contribution < 1.29 is 47.7 Å². The Morgan fingerprint density at radius 3 is 0.924 bits per heavy atom. The molecule has 6 amide bonds. The third kappa shape index (κ3) is 23.0. The minimum atomic E-state index is -0.844. The van der Waals surface area contributed by atoms with Gasteiger partial charge in [-0.25, -0.2) is 19.2 Å². The van der Waals surface area contributed by atoms with E-state index >= 15 is 0 Å². The van der Waals surface area contributed by atoms with Gasteiger partial charge in [-0.1, -0.05) is 134 Å². The summed E-state index contributed by atoms with van der Waals surface area (Å²) in [7, 11) is 0. The van der Waals surface area contributed by atoms with Gasteiger partial charge in [0.05, 0.1) is 0 Å². The van der Waals surface area contributed by atoms with Crippen LogP contribution in [0.3, 0.4) is 0 Å². The molecule has 2 unspecified atom stereocenters. The van der Waals surface area contributed by atoms with Crippen molar-refractivity contribution in [2.45, 2.75) is 103 Å². The number of benzene rings is 4. The van der Waals surface area contributed by atoms with E-state index in [1.54, 1.807) is 0 Å². The first kappa shape index (κ1) is 51.5. The fraction of sp³-hybridized carbons (Fsp3) is 0.400. The number of nitrogens with one attached hydrogen (secondary N) is 6. The third-order valence-electron chi connectivity index (χ3n) is 10.1. The molecule has 0 saturated carbocycles. The van der Waals surface area contributed by atoms with Crippen LogP contribution < -0.4 is 31.9 Å². The van der Waals surface area contributed by atoms with E-state index in [2.05, 4.69) is 31.9 Å². The number of hydrogen-bond acceptors (Lipinski definition) is 10. The lowest BCUT2D eigenvalue weighted by Gasteiger charge is -2.19. The van der Waals surface area contributed by atoms with E-state index in [4.69, 9.17) is 18.9 Å². The largest absolute Gasteiger partial charge is 0.445 e. The van der Waals surface area contributed by atoms with E-state index < -0.39 is 36.5 Å². The molecule has 0 heterocycles. The molecule has 0 aromatic heterocycles. The van der Waals surface area contributed by atoms with Gasteiger partial charge in [0.1, 0.15) is 38.5 Å². The average molecular weight is 909 g/mol. The first-order chi connectivity index (χ1) is 32.2. The Bertz CT molecular complexity index is 1870. The first-order valence-electron chi connectivity index (χ1n) is 22.6. The van der Waals surface area contributed by atoms with Gasteiger partial charge >= 0.3 is 24.4 Å². The highest BCUT2D eigenvalue weighted by Gasteiger charge is 2.22. The second-order valence-corrected chi connectivity index (χ2v) is 15.5. The smallest absolute Gasteiger partial charge is 0.408 e. The second-order valence-electron chi connectivity index (χ2n) is 15.5. The van der Waals surface area contributed by atoms with Crippen LogP contribution in [-0.4, -0.2) is 74.5 Å². The number of hydrogen-bond donors (Lipinski definition) is 6. The van der Waals surface area contributed by atoms with Crippen molar-refractivity contribution in [1.29, 1.82) is 0 Å². The zero-order chi connectivity index (χ0) is 46.9. The maximum atomic E-state index is 13.2. The van der Waals surface area contributed by atoms with Crippen molar-refractivity contribution in [2.75, 3.05) is 26.2 Å². The molecule has 0 aliphatic rings. The number of unbranched alkanes of at least 4 members (excludes halogenated alkanes) is 5. The molecule has 0 bridgehead atoms. The lowest BCUT2D eigenvalue weighted by atomic mass is 10.1. The van der Waals surface area contributed by atoms with Gasteiger partial charge in [0, 0.05) is 26.2 Å². The highest BCUT2D eigenvalue weighted by atomic mass is 16.6. The molecular weight excluding hydrogens is 845 g/mol. The summed E-state index contributed by atoms with van der Waals surface area (Å²) in [5, 5.41) is 16.6. The molecule has 6 N–H and O–H groups in total. The molecule has 0 saturated heterocycles. The molecule has 0 spiro atoms. The van der Waals surface area contributed by atoms with Crippen LogP contribution in [0.5, 0.6) is 0 Å². The third-order valence-corrected chi connectivity index (χ3v) is 10.1. The van der Waals surface area contributed by atoms with Crippen LogP contribution in [0.4, 0.5) is 19.2 Å². The van der Waals surface area contributed by atoms with E-state index in [-0.39, 0.29) is 38.2 Å². The van der Waals surface area contributed by atoms with Crippen LogP contribution in [0, 0.1) is 0 Å². The van der Waals surface area contributed by atoms with Crippen molar-refractivity contribution in [3.05, 3.63) is 144 Å². The molecule has 4 aromatic carbocycles. The SMILES string of the molecule is O=C(NCCCCC(NC(=O)OCc1ccccc1)C(=O)NCCCCCCNC(=O)C(CCCCNC(=O)OCc1ccccc1)NC(=O)OCc1ccccc1)OCc1ccccc1. The monoisotopic (exact) mass is 908 g/mol. The van der Waals surface area contributed by atoms with Crippen molar-refractivity contribution in [1.82, 2.24) is 31.9 Å². The van der Waals surface area contributed by atoms with E-state index in [1.807, 2.05) is 121 Å². The molecule has 0 radical (unpaired) electrons. The van der Waals surface area contributed by atoms with E-state index in [1.165, 1.54) is 0 Å². The Kier molecular flexibility index (Phi) is 24.8. The van der Waals surface area contributed by atoms with Crippen LogP contribution in [-0.2, 0) is 55.0 Å². The normalized spacial score (nSPS) is 11.5. The topological polar surface area (TPSA) is 212 Å². The molecule has 0 aliphatic heterocycles. The molecule has 0 fully saturated rings. The van der Waals surface area contributed by atoms with Crippen LogP contribution in [0.25, 0.3) is 0 Å². The summed E-state index contributed by atoms with van der Waals surface area (Å²) in [4.78, 5) is 76.1. The number of carbonyl (C=O) groups is 6. The van der Waals surface area contributed by atoms with Crippen LogP contribution in [0.15, 0.2) is 121 Å². The van der Waals surface area contributed by atoms with Crippen molar-refractivity contribution in [2.24, 2.45) is 0 Å².